The maximum Gasteiger partial charge on any atom is 0.259 e. The molecule has 5 nitrogen and oxygen atoms in total. The minimum atomic E-state index is -0.769. The molecule has 2 aliphatic rings. The van der Waals surface area contributed by atoms with Crippen molar-refractivity contribution >= 4 is 5.91 Å². The number of hydrogen-bond acceptors (Lipinski definition) is 3. The van der Waals surface area contributed by atoms with Gasteiger partial charge in [0.1, 0.15) is 5.82 Å². The molecule has 0 aliphatic carbocycles. The topological polar surface area (TPSA) is 58.2 Å². The van der Waals surface area contributed by atoms with Crippen LogP contribution in [0.1, 0.15) is 37.1 Å². The molecule has 1 atom stereocenters. The van der Waals surface area contributed by atoms with Gasteiger partial charge in [0.25, 0.3) is 5.91 Å². The first kappa shape index (κ1) is 16.3. The summed E-state index contributed by atoms with van der Waals surface area (Å²) in [5.74, 6) is 1.78. The van der Waals surface area contributed by atoms with Gasteiger partial charge in [0.05, 0.1) is 0 Å². The molecule has 1 unspecified atom stereocenters. The number of benzene rings is 1. The van der Waals surface area contributed by atoms with Gasteiger partial charge in [-0.1, -0.05) is 30.3 Å². The van der Waals surface area contributed by atoms with Crippen LogP contribution in [0.2, 0.25) is 0 Å². The number of likely N-dealkylation sites (tertiary alicyclic amines) is 1. The summed E-state index contributed by atoms with van der Waals surface area (Å²) in [4.78, 5) is 22.8. The minimum absolute atomic E-state index is 0.146. The minimum Gasteiger partial charge on any atom is -0.360 e. The second kappa shape index (κ2) is 7.00. The van der Waals surface area contributed by atoms with E-state index in [2.05, 4.69) is 9.97 Å². The van der Waals surface area contributed by atoms with Gasteiger partial charge in [0, 0.05) is 38.5 Å². The molecule has 5 heteroatoms. The van der Waals surface area contributed by atoms with E-state index in [9.17, 15) is 4.79 Å². The van der Waals surface area contributed by atoms with E-state index in [1.54, 1.807) is 6.20 Å². The van der Waals surface area contributed by atoms with Crippen molar-refractivity contribution in [3.8, 4) is 0 Å². The molecule has 2 saturated heterocycles. The number of aromatic amines is 1. The van der Waals surface area contributed by atoms with Gasteiger partial charge in [-0.15, -0.1) is 0 Å². The van der Waals surface area contributed by atoms with Crippen LogP contribution < -0.4 is 0 Å². The molecule has 3 heterocycles. The summed E-state index contributed by atoms with van der Waals surface area (Å²) in [5, 5.41) is 0. The smallest absolute Gasteiger partial charge is 0.259 e. The predicted octanol–water partition coefficient (Wildman–Crippen LogP) is 2.90. The molecule has 0 spiro atoms. The Morgan fingerprint density at radius 1 is 1.28 bits per heavy atom. The van der Waals surface area contributed by atoms with Gasteiger partial charge in [-0.05, 0) is 37.2 Å². The fourth-order valence-corrected chi connectivity index (χ4v) is 4.15. The zero-order valence-electron chi connectivity index (χ0n) is 14.5. The summed E-state index contributed by atoms with van der Waals surface area (Å²) >= 11 is 0. The normalized spacial score (nSPS) is 24.6. The Kier molecular flexibility index (Phi) is 4.57. The van der Waals surface area contributed by atoms with E-state index in [-0.39, 0.29) is 5.91 Å². The Morgan fingerprint density at radius 2 is 2.08 bits per heavy atom. The zero-order chi connectivity index (χ0) is 17.1. The number of ether oxygens (including phenoxy) is 1. The number of aromatic nitrogens is 2. The molecule has 2 aromatic rings. The highest BCUT2D eigenvalue weighted by molar-refractivity contribution is 5.87. The lowest BCUT2D eigenvalue weighted by Crippen LogP contribution is -2.49. The Labute approximate surface area is 148 Å². The lowest BCUT2D eigenvalue weighted by Gasteiger charge is -2.38. The molecular weight excluding hydrogens is 314 g/mol. The molecule has 0 saturated carbocycles. The fraction of sp³-hybridized carbons (Fsp3) is 0.500. The molecule has 1 N–H and O–H groups in total. The number of nitrogens with one attached hydrogen (secondary N) is 1. The summed E-state index contributed by atoms with van der Waals surface area (Å²) < 4.78 is 6.05. The monoisotopic (exact) mass is 339 g/mol. The van der Waals surface area contributed by atoms with Crippen molar-refractivity contribution in [1.82, 2.24) is 14.9 Å². The number of imidazole rings is 1. The Hall–Kier alpha value is -2.14. The van der Waals surface area contributed by atoms with Crippen molar-refractivity contribution < 1.29 is 9.53 Å². The third-order valence-corrected chi connectivity index (χ3v) is 5.55. The van der Waals surface area contributed by atoms with Crippen LogP contribution in [0, 0.1) is 5.92 Å². The van der Waals surface area contributed by atoms with E-state index in [4.69, 9.17) is 4.74 Å². The second-order valence-electron chi connectivity index (χ2n) is 7.12. The van der Waals surface area contributed by atoms with E-state index in [0.717, 1.165) is 56.6 Å². The van der Waals surface area contributed by atoms with Crippen LogP contribution in [0.25, 0.3) is 0 Å². The maximum absolute atomic E-state index is 13.3. The third-order valence-electron chi connectivity index (χ3n) is 5.55. The highest BCUT2D eigenvalue weighted by Crippen LogP contribution is 2.38. The molecule has 132 valence electrons. The predicted molar refractivity (Wildman–Crippen MR) is 94.9 cm³/mol. The Balaban J connectivity index is 1.44. The van der Waals surface area contributed by atoms with Crippen molar-refractivity contribution in [3.05, 3.63) is 54.1 Å². The summed E-state index contributed by atoms with van der Waals surface area (Å²) in [6.45, 7) is 2.28. The van der Waals surface area contributed by atoms with Gasteiger partial charge in [-0.3, -0.25) is 4.79 Å². The molecule has 25 heavy (non-hydrogen) atoms. The molecule has 1 amide bonds. The quantitative estimate of drug-likeness (QED) is 0.932. The van der Waals surface area contributed by atoms with Gasteiger partial charge < -0.3 is 14.6 Å². The average molecular weight is 339 g/mol. The fourth-order valence-electron chi connectivity index (χ4n) is 4.15. The first-order valence-electron chi connectivity index (χ1n) is 9.25. The average Bonchev–Trinajstić information content (AvgIpc) is 3.35. The lowest BCUT2D eigenvalue weighted by molar-refractivity contribution is -0.155. The Morgan fingerprint density at radius 3 is 2.72 bits per heavy atom. The first-order valence-corrected chi connectivity index (χ1v) is 9.25. The third kappa shape index (κ3) is 3.21. The van der Waals surface area contributed by atoms with E-state index in [1.807, 2.05) is 41.4 Å². The van der Waals surface area contributed by atoms with E-state index in [1.165, 1.54) is 0 Å². The van der Waals surface area contributed by atoms with Crippen LogP contribution in [0.4, 0.5) is 0 Å². The number of nitrogens with zero attached hydrogens (tertiary/aromatic N) is 2. The number of carbonyl (C=O) groups excluding carboxylic acids is 1. The van der Waals surface area contributed by atoms with Crippen LogP contribution >= 0.6 is 0 Å². The lowest BCUT2D eigenvalue weighted by atomic mass is 9.87. The summed E-state index contributed by atoms with van der Waals surface area (Å²) in [5.41, 5.74) is 0.227. The molecule has 1 aromatic carbocycles. The first-order chi connectivity index (χ1) is 12.3. The van der Waals surface area contributed by atoms with E-state index in [0.29, 0.717) is 12.5 Å². The maximum atomic E-state index is 13.3. The van der Waals surface area contributed by atoms with Gasteiger partial charge in [0.2, 0.25) is 0 Å². The molecule has 0 radical (unpaired) electrons. The largest absolute Gasteiger partial charge is 0.360 e. The summed E-state index contributed by atoms with van der Waals surface area (Å²) in [7, 11) is 0. The van der Waals surface area contributed by atoms with Gasteiger partial charge in [-0.2, -0.15) is 0 Å². The second-order valence-corrected chi connectivity index (χ2v) is 7.12. The van der Waals surface area contributed by atoms with E-state index < -0.39 is 5.60 Å². The zero-order valence-corrected chi connectivity index (χ0v) is 14.5. The van der Waals surface area contributed by atoms with Crippen molar-refractivity contribution in [2.24, 2.45) is 5.92 Å². The number of rotatable bonds is 4. The number of hydrogen-bond donors (Lipinski definition) is 1. The van der Waals surface area contributed by atoms with Crippen molar-refractivity contribution in [2.75, 3.05) is 19.7 Å². The van der Waals surface area contributed by atoms with Crippen LogP contribution in [0.3, 0.4) is 0 Å². The summed E-state index contributed by atoms with van der Waals surface area (Å²) in [6, 6.07) is 10.00. The molecule has 2 fully saturated rings. The Bertz CT molecular complexity index is 685. The summed E-state index contributed by atoms with van der Waals surface area (Å²) in [6.07, 6.45) is 8.41. The van der Waals surface area contributed by atoms with Gasteiger partial charge >= 0.3 is 0 Å². The van der Waals surface area contributed by atoms with Crippen molar-refractivity contribution in [3.63, 3.8) is 0 Å². The van der Waals surface area contributed by atoms with E-state index >= 15 is 0 Å². The van der Waals surface area contributed by atoms with Crippen molar-refractivity contribution in [1.29, 1.82) is 0 Å². The molecule has 1 aromatic heterocycles. The van der Waals surface area contributed by atoms with Crippen LogP contribution in [0.5, 0.6) is 0 Å². The van der Waals surface area contributed by atoms with Crippen LogP contribution in [-0.4, -0.2) is 40.5 Å². The highest BCUT2D eigenvalue weighted by atomic mass is 16.5. The highest BCUT2D eigenvalue weighted by Gasteiger charge is 2.47. The SMILES string of the molecule is O=C(N1CCC(Cc2ncc[nH]2)CC1)C1(c2ccccc2)CCCO1. The number of H-pyrrole nitrogens is 1. The van der Waals surface area contributed by atoms with Gasteiger partial charge in [0.15, 0.2) is 5.60 Å². The molecule has 2 aliphatic heterocycles. The van der Waals surface area contributed by atoms with Crippen molar-refractivity contribution in [2.45, 2.75) is 37.7 Å². The van der Waals surface area contributed by atoms with Crippen LogP contribution in [-0.2, 0) is 21.6 Å². The number of amides is 1. The molecule has 4 rings (SSSR count). The molecular formula is C20H25N3O2. The number of carbonyl (C=O) groups is 1. The molecule has 0 bridgehead atoms. The van der Waals surface area contributed by atoms with Crippen LogP contribution in [0.15, 0.2) is 42.7 Å². The number of piperidine rings is 1. The van der Waals surface area contributed by atoms with Gasteiger partial charge in [-0.25, -0.2) is 4.98 Å². The standard InChI is InChI=1S/C20H25N3O2/c24-19(20(9-4-14-25-20)17-5-2-1-3-6-17)23-12-7-16(8-13-23)15-18-21-10-11-22-18/h1-3,5-6,10-11,16H,4,7-9,12-15H2,(H,21,22).